The first-order valence-corrected chi connectivity index (χ1v) is 13.3. The number of benzene rings is 3. The molecule has 0 saturated carbocycles. The molecule has 0 atom stereocenters. The minimum atomic E-state index is -3.63. The molecule has 4 rings (SSSR count). The zero-order valence-electron chi connectivity index (χ0n) is 19.8. The lowest BCUT2D eigenvalue weighted by Gasteiger charge is -2.37. The lowest BCUT2D eigenvalue weighted by atomic mass is 10.1. The number of piperazine rings is 1. The minimum absolute atomic E-state index is 0.0772. The van der Waals surface area contributed by atoms with Gasteiger partial charge in [-0.2, -0.15) is 0 Å². The highest BCUT2D eigenvalue weighted by atomic mass is 32.2. The molecule has 188 valence electrons. The molecule has 0 radical (unpaired) electrons. The van der Waals surface area contributed by atoms with Gasteiger partial charge in [-0.3, -0.25) is 14.5 Å². The van der Waals surface area contributed by atoms with Crippen LogP contribution in [0.1, 0.15) is 10.4 Å². The monoisotopic (exact) mass is 510 g/mol. The molecule has 3 aromatic rings. The van der Waals surface area contributed by atoms with E-state index in [0.717, 1.165) is 12.3 Å². The van der Waals surface area contributed by atoms with Crippen molar-refractivity contribution in [2.45, 2.75) is 4.90 Å². The van der Waals surface area contributed by atoms with Gasteiger partial charge in [-0.1, -0.05) is 18.2 Å². The summed E-state index contributed by atoms with van der Waals surface area (Å²) in [6, 6.07) is 19.2. The van der Waals surface area contributed by atoms with E-state index >= 15 is 0 Å². The van der Waals surface area contributed by atoms with Gasteiger partial charge in [0.25, 0.3) is 5.91 Å². The van der Waals surface area contributed by atoms with Crippen LogP contribution in [0.15, 0.2) is 77.7 Å². The number of halogens is 1. The number of hydrogen-bond donors (Lipinski definition) is 1. The van der Waals surface area contributed by atoms with Gasteiger partial charge < -0.3 is 15.5 Å². The van der Waals surface area contributed by atoms with Crippen molar-refractivity contribution in [2.24, 2.45) is 0 Å². The average Bonchev–Trinajstić information content (AvgIpc) is 2.87. The molecule has 0 bridgehead atoms. The molecule has 1 aliphatic heterocycles. The number of para-hydroxylation sites is 1. The standard InChI is InChI=1S/C26H27FN4O4S/c1-36(34,35)24-17-20(27)9-12-23(24)29-13-15-30(16-14-29)25(32)18-31(22-5-3-2-4-6-22)26(33)19-7-10-21(28)11-8-19/h2-12,17H,13-16,18,28H2,1H3. The maximum atomic E-state index is 13.7. The van der Waals surface area contributed by atoms with E-state index in [1.165, 1.54) is 17.0 Å². The molecule has 3 aromatic carbocycles. The number of nitrogens with two attached hydrogens (primary N) is 1. The van der Waals surface area contributed by atoms with Gasteiger partial charge in [0.05, 0.1) is 10.6 Å². The third kappa shape index (κ3) is 5.65. The Morgan fingerprint density at radius 3 is 2.19 bits per heavy atom. The molecular formula is C26H27FN4O4S. The Hall–Kier alpha value is -3.92. The fourth-order valence-electron chi connectivity index (χ4n) is 4.15. The van der Waals surface area contributed by atoms with Crippen LogP contribution >= 0.6 is 0 Å². The zero-order chi connectivity index (χ0) is 25.9. The van der Waals surface area contributed by atoms with Crippen molar-refractivity contribution in [1.29, 1.82) is 0 Å². The van der Waals surface area contributed by atoms with E-state index in [1.54, 1.807) is 53.4 Å². The van der Waals surface area contributed by atoms with Gasteiger partial charge in [0.15, 0.2) is 9.84 Å². The second kappa shape index (κ2) is 10.4. The molecule has 0 unspecified atom stereocenters. The largest absolute Gasteiger partial charge is 0.399 e. The molecule has 2 N–H and O–H groups in total. The smallest absolute Gasteiger partial charge is 0.258 e. The van der Waals surface area contributed by atoms with E-state index in [-0.39, 0.29) is 23.3 Å². The second-order valence-corrected chi connectivity index (χ2v) is 10.6. The molecule has 1 aliphatic rings. The number of nitrogen functional groups attached to an aromatic ring is 1. The van der Waals surface area contributed by atoms with Gasteiger partial charge in [0.1, 0.15) is 12.4 Å². The number of carbonyl (C=O) groups excluding carboxylic acids is 2. The zero-order valence-corrected chi connectivity index (χ0v) is 20.6. The number of amides is 2. The molecule has 10 heteroatoms. The van der Waals surface area contributed by atoms with Crippen LogP contribution < -0.4 is 15.5 Å². The summed E-state index contributed by atoms with van der Waals surface area (Å²) in [7, 11) is -3.63. The Balaban J connectivity index is 1.49. The summed E-state index contributed by atoms with van der Waals surface area (Å²) in [5, 5.41) is 0. The lowest BCUT2D eigenvalue weighted by Crippen LogP contribution is -2.52. The average molecular weight is 511 g/mol. The third-order valence-electron chi connectivity index (χ3n) is 6.06. The number of nitrogens with zero attached hydrogens (tertiary/aromatic N) is 3. The number of anilines is 3. The van der Waals surface area contributed by atoms with Crippen molar-refractivity contribution in [2.75, 3.05) is 54.5 Å². The van der Waals surface area contributed by atoms with E-state index in [9.17, 15) is 22.4 Å². The highest BCUT2D eigenvalue weighted by Crippen LogP contribution is 2.27. The summed E-state index contributed by atoms with van der Waals surface area (Å²) < 4.78 is 38.1. The van der Waals surface area contributed by atoms with Crippen molar-refractivity contribution in [1.82, 2.24) is 4.90 Å². The van der Waals surface area contributed by atoms with Gasteiger partial charge in [-0.15, -0.1) is 0 Å². The van der Waals surface area contributed by atoms with Crippen LogP contribution in [0.3, 0.4) is 0 Å². The third-order valence-corrected chi connectivity index (χ3v) is 7.18. The molecule has 1 fully saturated rings. The molecule has 2 amide bonds. The minimum Gasteiger partial charge on any atom is -0.399 e. The molecule has 0 aliphatic carbocycles. The van der Waals surface area contributed by atoms with Crippen LogP contribution in [-0.2, 0) is 14.6 Å². The van der Waals surface area contributed by atoms with E-state index in [2.05, 4.69) is 0 Å². The summed E-state index contributed by atoms with van der Waals surface area (Å²) in [5.41, 5.74) is 7.70. The van der Waals surface area contributed by atoms with E-state index in [0.29, 0.717) is 48.8 Å². The topological polar surface area (TPSA) is 104 Å². The predicted octanol–water partition coefficient (Wildman–Crippen LogP) is 2.81. The number of sulfone groups is 1. The predicted molar refractivity (Wildman–Crippen MR) is 137 cm³/mol. The van der Waals surface area contributed by atoms with Gasteiger partial charge in [-0.05, 0) is 54.6 Å². The van der Waals surface area contributed by atoms with E-state index < -0.39 is 15.7 Å². The highest BCUT2D eigenvalue weighted by Gasteiger charge is 2.28. The fraction of sp³-hybridized carbons (Fsp3) is 0.231. The van der Waals surface area contributed by atoms with Gasteiger partial charge >= 0.3 is 0 Å². The molecule has 36 heavy (non-hydrogen) atoms. The van der Waals surface area contributed by atoms with E-state index in [4.69, 9.17) is 5.73 Å². The van der Waals surface area contributed by atoms with Crippen molar-refractivity contribution in [3.05, 3.63) is 84.2 Å². The first-order valence-electron chi connectivity index (χ1n) is 11.4. The van der Waals surface area contributed by atoms with Crippen LogP contribution in [-0.4, -0.2) is 64.1 Å². The van der Waals surface area contributed by atoms with Crippen LogP contribution in [0.4, 0.5) is 21.5 Å². The van der Waals surface area contributed by atoms with Crippen LogP contribution in [0.2, 0.25) is 0 Å². The summed E-state index contributed by atoms with van der Waals surface area (Å²) in [6.45, 7) is 1.25. The van der Waals surface area contributed by atoms with Crippen molar-refractivity contribution in [3.63, 3.8) is 0 Å². The fourth-order valence-corrected chi connectivity index (χ4v) is 5.05. The maximum Gasteiger partial charge on any atom is 0.258 e. The van der Waals surface area contributed by atoms with Crippen LogP contribution in [0.25, 0.3) is 0 Å². The molecular weight excluding hydrogens is 483 g/mol. The van der Waals surface area contributed by atoms with Gasteiger partial charge in [0, 0.05) is 49.4 Å². The molecule has 0 aromatic heterocycles. The Bertz CT molecular complexity index is 1360. The summed E-state index contributed by atoms with van der Waals surface area (Å²) >= 11 is 0. The second-order valence-electron chi connectivity index (χ2n) is 8.60. The lowest BCUT2D eigenvalue weighted by molar-refractivity contribution is -0.129. The van der Waals surface area contributed by atoms with Crippen molar-refractivity contribution in [3.8, 4) is 0 Å². The van der Waals surface area contributed by atoms with Crippen molar-refractivity contribution < 1.29 is 22.4 Å². The summed E-state index contributed by atoms with van der Waals surface area (Å²) in [5.74, 6) is -1.18. The van der Waals surface area contributed by atoms with Crippen LogP contribution in [0.5, 0.6) is 0 Å². The number of rotatable bonds is 6. The van der Waals surface area contributed by atoms with Gasteiger partial charge in [0.2, 0.25) is 5.91 Å². The maximum absolute atomic E-state index is 13.7. The molecule has 0 spiro atoms. The first kappa shape index (κ1) is 25.2. The molecule has 8 nitrogen and oxygen atoms in total. The summed E-state index contributed by atoms with van der Waals surface area (Å²) in [4.78, 5) is 31.4. The van der Waals surface area contributed by atoms with Crippen molar-refractivity contribution >= 4 is 38.7 Å². The normalized spacial score (nSPS) is 13.9. The SMILES string of the molecule is CS(=O)(=O)c1cc(F)ccc1N1CCN(C(=O)CN(C(=O)c2ccc(N)cc2)c2ccccc2)CC1. The first-order chi connectivity index (χ1) is 17.1. The Labute approximate surface area is 209 Å². The van der Waals surface area contributed by atoms with E-state index in [1.807, 2.05) is 11.0 Å². The summed E-state index contributed by atoms with van der Waals surface area (Å²) in [6.07, 6.45) is 1.04. The quantitative estimate of drug-likeness (QED) is 0.512. The Kier molecular flexibility index (Phi) is 7.25. The van der Waals surface area contributed by atoms with Crippen LogP contribution in [0, 0.1) is 5.82 Å². The Morgan fingerprint density at radius 1 is 0.944 bits per heavy atom. The Morgan fingerprint density at radius 2 is 1.58 bits per heavy atom. The molecule has 1 heterocycles. The van der Waals surface area contributed by atoms with Gasteiger partial charge in [-0.25, -0.2) is 12.8 Å². The number of carbonyl (C=O) groups is 2. The molecule has 1 saturated heterocycles. The highest BCUT2D eigenvalue weighted by molar-refractivity contribution is 7.90. The number of hydrogen-bond acceptors (Lipinski definition) is 6.